The van der Waals surface area contributed by atoms with Crippen molar-refractivity contribution in [2.24, 2.45) is 0 Å². The van der Waals surface area contributed by atoms with E-state index in [1.165, 1.54) is 20.4 Å². The first kappa shape index (κ1) is 20.4. The van der Waals surface area contributed by atoms with Crippen molar-refractivity contribution in [1.82, 2.24) is 9.97 Å². The number of para-hydroxylation sites is 1. The van der Waals surface area contributed by atoms with Crippen molar-refractivity contribution in [1.29, 1.82) is 0 Å². The van der Waals surface area contributed by atoms with Crippen molar-refractivity contribution in [2.45, 2.75) is 13.8 Å². The van der Waals surface area contributed by atoms with Gasteiger partial charge in [0, 0.05) is 11.8 Å². The van der Waals surface area contributed by atoms with Crippen LogP contribution in [0.3, 0.4) is 0 Å². The molecule has 0 bridgehead atoms. The first-order valence-corrected chi connectivity index (χ1v) is 9.28. The van der Waals surface area contributed by atoms with Crippen LogP contribution in [0.15, 0.2) is 36.7 Å². The quantitative estimate of drug-likeness (QED) is 0.621. The van der Waals surface area contributed by atoms with E-state index in [9.17, 15) is 8.78 Å². The standard InChI is InChI=1S/C22H19F2N3O4/c1-11-6-5-7-12(2)20(11)26-22-25-9-15-21(27-22)31-16(10-30-15)17-18(23)13(28-3)8-14(29-4)19(17)24/h5-10H,1-4H3,(H,25,26,27). The molecule has 0 fully saturated rings. The van der Waals surface area contributed by atoms with E-state index in [4.69, 9.17) is 18.9 Å². The molecule has 4 rings (SSSR count). The second-order valence-electron chi connectivity index (χ2n) is 6.74. The van der Waals surface area contributed by atoms with Crippen LogP contribution >= 0.6 is 0 Å². The topological polar surface area (TPSA) is 74.7 Å². The molecule has 9 heteroatoms. The van der Waals surface area contributed by atoms with Gasteiger partial charge in [-0.1, -0.05) is 18.2 Å². The Labute approximate surface area is 177 Å². The zero-order valence-electron chi connectivity index (χ0n) is 17.2. The van der Waals surface area contributed by atoms with Gasteiger partial charge in [-0.15, -0.1) is 0 Å². The predicted octanol–water partition coefficient (Wildman–Crippen LogP) is 4.90. The number of nitrogens with zero attached hydrogens (tertiary/aromatic N) is 2. The Kier molecular flexibility index (Phi) is 5.33. The first-order chi connectivity index (χ1) is 14.9. The zero-order chi connectivity index (χ0) is 22.1. The number of halogens is 2. The molecule has 0 saturated carbocycles. The Morgan fingerprint density at radius 2 is 1.65 bits per heavy atom. The highest BCUT2D eigenvalue weighted by atomic mass is 19.1. The average molecular weight is 427 g/mol. The van der Waals surface area contributed by atoms with Crippen molar-refractivity contribution in [3.05, 3.63) is 65.0 Å². The Morgan fingerprint density at radius 3 is 2.26 bits per heavy atom. The molecular weight excluding hydrogens is 408 g/mol. The lowest BCUT2D eigenvalue weighted by Gasteiger charge is -2.20. The molecule has 0 spiro atoms. The van der Waals surface area contributed by atoms with Crippen molar-refractivity contribution < 1.29 is 27.7 Å². The van der Waals surface area contributed by atoms with Crippen LogP contribution in [-0.2, 0) is 0 Å². The van der Waals surface area contributed by atoms with E-state index >= 15 is 0 Å². The molecule has 3 aromatic rings. The maximum absolute atomic E-state index is 14.8. The average Bonchev–Trinajstić information content (AvgIpc) is 2.76. The molecule has 160 valence electrons. The lowest BCUT2D eigenvalue weighted by Crippen LogP contribution is -2.12. The Morgan fingerprint density at radius 1 is 1.00 bits per heavy atom. The monoisotopic (exact) mass is 427 g/mol. The van der Waals surface area contributed by atoms with Crippen LogP contribution in [0.1, 0.15) is 16.7 Å². The fraction of sp³-hybridized carbons (Fsp3) is 0.182. The van der Waals surface area contributed by atoms with E-state index in [0.29, 0.717) is 0 Å². The predicted molar refractivity (Wildman–Crippen MR) is 110 cm³/mol. The lowest BCUT2D eigenvalue weighted by atomic mass is 10.1. The SMILES string of the molecule is COc1cc(OC)c(F)c(C2=COc3cnc(Nc4c(C)cccc4C)nc3O2)c1F. The number of hydrogen-bond acceptors (Lipinski definition) is 7. The molecule has 1 aromatic heterocycles. The molecular formula is C22H19F2N3O4. The Bertz CT molecular complexity index is 1150. The van der Waals surface area contributed by atoms with Crippen molar-refractivity contribution in [3.8, 4) is 23.1 Å². The molecule has 0 saturated heterocycles. The Balaban J connectivity index is 1.69. The van der Waals surface area contributed by atoms with Gasteiger partial charge in [0.2, 0.25) is 11.7 Å². The maximum Gasteiger partial charge on any atom is 0.268 e. The van der Waals surface area contributed by atoms with E-state index in [1.807, 2.05) is 32.0 Å². The molecule has 1 aliphatic rings. The fourth-order valence-electron chi connectivity index (χ4n) is 3.15. The molecule has 0 unspecified atom stereocenters. The zero-order valence-corrected chi connectivity index (χ0v) is 17.2. The van der Waals surface area contributed by atoms with Gasteiger partial charge in [-0.05, 0) is 25.0 Å². The largest absolute Gasteiger partial charge is 0.494 e. The molecule has 0 amide bonds. The summed E-state index contributed by atoms with van der Waals surface area (Å²) >= 11 is 0. The minimum Gasteiger partial charge on any atom is -0.494 e. The molecule has 0 aliphatic carbocycles. The number of fused-ring (bicyclic) bond motifs is 1. The maximum atomic E-state index is 14.8. The van der Waals surface area contributed by atoms with Gasteiger partial charge in [0.1, 0.15) is 6.26 Å². The number of rotatable bonds is 5. The summed E-state index contributed by atoms with van der Waals surface area (Å²) in [5.74, 6) is -2.11. The third kappa shape index (κ3) is 3.70. The third-order valence-corrected chi connectivity index (χ3v) is 4.76. The number of hydrogen-bond donors (Lipinski definition) is 1. The normalized spacial score (nSPS) is 12.3. The van der Waals surface area contributed by atoms with Crippen LogP contribution < -0.4 is 24.3 Å². The highest BCUT2D eigenvalue weighted by molar-refractivity contribution is 5.69. The van der Waals surface area contributed by atoms with Gasteiger partial charge >= 0.3 is 0 Å². The molecule has 0 atom stereocenters. The van der Waals surface area contributed by atoms with Crippen molar-refractivity contribution in [2.75, 3.05) is 19.5 Å². The van der Waals surface area contributed by atoms with Crippen LogP contribution in [0.25, 0.3) is 5.76 Å². The highest BCUT2D eigenvalue weighted by Gasteiger charge is 2.28. The molecule has 31 heavy (non-hydrogen) atoms. The van der Waals surface area contributed by atoms with Gasteiger partial charge < -0.3 is 24.3 Å². The van der Waals surface area contributed by atoms with Gasteiger partial charge in [-0.25, -0.2) is 13.8 Å². The van der Waals surface area contributed by atoms with Gasteiger partial charge in [0.15, 0.2) is 28.9 Å². The van der Waals surface area contributed by atoms with Crippen LogP contribution in [0.4, 0.5) is 20.4 Å². The van der Waals surface area contributed by atoms with Gasteiger partial charge in [0.25, 0.3) is 5.88 Å². The van der Waals surface area contributed by atoms with E-state index in [2.05, 4.69) is 15.3 Å². The summed E-state index contributed by atoms with van der Waals surface area (Å²) in [5.41, 5.74) is 2.37. The van der Waals surface area contributed by atoms with Crippen LogP contribution in [0.5, 0.6) is 23.1 Å². The van der Waals surface area contributed by atoms with Gasteiger partial charge in [-0.3, -0.25) is 0 Å². The summed E-state index contributed by atoms with van der Waals surface area (Å²) in [7, 11) is 2.53. The summed E-state index contributed by atoms with van der Waals surface area (Å²) in [6.45, 7) is 3.91. The number of nitrogens with one attached hydrogen (secondary N) is 1. The molecule has 2 heterocycles. The second kappa shape index (κ2) is 8.10. The van der Waals surface area contributed by atoms with Gasteiger partial charge in [-0.2, -0.15) is 4.98 Å². The van der Waals surface area contributed by atoms with Gasteiger partial charge in [0.05, 0.1) is 26.0 Å². The van der Waals surface area contributed by atoms with E-state index in [1.54, 1.807) is 0 Å². The molecule has 7 nitrogen and oxygen atoms in total. The van der Waals surface area contributed by atoms with Crippen LogP contribution in [0, 0.1) is 25.5 Å². The van der Waals surface area contributed by atoms with Crippen LogP contribution in [0.2, 0.25) is 0 Å². The third-order valence-electron chi connectivity index (χ3n) is 4.76. The number of aryl methyl sites for hydroxylation is 2. The number of ether oxygens (including phenoxy) is 4. The number of anilines is 2. The minimum atomic E-state index is -0.956. The molecule has 1 N–H and O–H groups in total. The van der Waals surface area contributed by atoms with E-state index in [-0.39, 0.29) is 34.8 Å². The number of benzene rings is 2. The van der Waals surface area contributed by atoms with Crippen molar-refractivity contribution in [3.63, 3.8) is 0 Å². The Hall–Kier alpha value is -3.88. The summed E-state index contributed by atoms with van der Waals surface area (Å²) in [6.07, 6.45) is 2.48. The van der Waals surface area contributed by atoms with Crippen LogP contribution in [-0.4, -0.2) is 24.2 Å². The minimum absolute atomic E-state index is 0.00169. The summed E-state index contributed by atoms with van der Waals surface area (Å²) in [4.78, 5) is 8.51. The summed E-state index contributed by atoms with van der Waals surface area (Å²) in [5, 5.41) is 3.14. The highest BCUT2D eigenvalue weighted by Crippen LogP contribution is 2.40. The molecule has 1 aliphatic heterocycles. The van der Waals surface area contributed by atoms with E-state index < -0.39 is 17.2 Å². The first-order valence-electron chi connectivity index (χ1n) is 9.28. The summed E-state index contributed by atoms with van der Waals surface area (Å²) in [6, 6.07) is 6.97. The second-order valence-corrected chi connectivity index (χ2v) is 6.74. The fourth-order valence-corrected chi connectivity index (χ4v) is 3.15. The van der Waals surface area contributed by atoms with E-state index in [0.717, 1.165) is 29.1 Å². The lowest BCUT2D eigenvalue weighted by molar-refractivity contribution is 0.344. The number of aromatic nitrogens is 2. The molecule has 2 aromatic carbocycles. The summed E-state index contributed by atoms with van der Waals surface area (Å²) < 4.78 is 50.7. The molecule has 0 radical (unpaired) electrons. The smallest absolute Gasteiger partial charge is 0.268 e. The number of methoxy groups -OCH3 is 2. The van der Waals surface area contributed by atoms with Crippen molar-refractivity contribution >= 4 is 17.4 Å².